The minimum atomic E-state index is -2.57. The van der Waals surface area contributed by atoms with Gasteiger partial charge in [-0.3, -0.25) is 4.79 Å². The molecular formula is C19H22ClF2N3O2. The Bertz CT molecular complexity index is 822. The smallest absolute Gasteiger partial charge is 0.252 e. The number of hydrogen-bond donors (Lipinski definition) is 3. The fourth-order valence-corrected chi connectivity index (χ4v) is 3.52. The van der Waals surface area contributed by atoms with Crippen molar-refractivity contribution in [3.8, 4) is 0 Å². The van der Waals surface area contributed by atoms with E-state index in [4.69, 9.17) is 16.7 Å². The molecule has 1 heterocycles. The summed E-state index contributed by atoms with van der Waals surface area (Å²) in [6, 6.07) is 6.75. The van der Waals surface area contributed by atoms with Crippen LogP contribution in [0.2, 0.25) is 5.02 Å². The number of fused-ring (bicyclic) bond motifs is 1. The van der Waals surface area contributed by atoms with Crippen LogP contribution in [0.1, 0.15) is 36.0 Å². The Morgan fingerprint density at radius 2 is 2.04 bits per heavy atom. The summed E-state index contributed by atoms with van der Waals surface area (Å²) in [6.07, 6.45) is 0.568. The van der Waals surface area contributed by atoms with E-state index in [-0.39, 0.29) is 31.3 Å². The van der Waals surface area contributed by atoms with E-state index in [0.717, 1.165) is 0 Å². The number of halogens is 3. The van der Waals surface area contributed by atoms with Gasteiger partial charge >= 0.3 is 0 Å². The lowest BCUT2D eigenvalue weighted by molar-refractivity contribution is -0.0452. The van der Waals surface area contributed by atoms with E-state index in [1.165, 1.54) is 0 Å². The maximum absolute atomic E-state index is 13.2. The van der Waals surface area contributed by atoms with Gasteiger partial charge in [0.05, 0.1) is 17.7 Å². The van der Waals surface area contributed by atoms with Gasteiger partial charge in [0.25, 0.3) is 5.91 Å². The molecule has 0 bridgehead atoms. The Morgan fingerprint density at radius 1 is 1.30 bits per heavy atom. The molecule has 0 aliphatic heterocycles. The van der Waals surface area contributed by atoms with Crippen molar-refractivity contribution >= 4 is 34.2 Å². The summed E-state index contributed by atoms with van der Waals surface area (Å²) in [5, 5.41) is 15.7. The Morgan fingerprint density at radius 3 is 2.74 bits per heavy atom. The predicted molar refractivity (Wildman–Crippen MR) is 102 cm³/mol. The number of aliphatic hydroxyl groups excluding tert-OH is 1. The van der Waals surface area contributed by atoms with Crippen molar-refractivity contribution in [3.63, 3.8) is 0 Å². The predicted octanol–water partition coefficient (Wildman–Crippen LogP) is 3.85. The van der Waals surface area contributed by atoms with Crippen molar-refractivity contribution in [1.29, 1.82) is 0 Å². The lowest BCUT2D eigenvalue weighted by Gasteiger charge is -2.28. The van der Waals surface area contributed by atoms with Crippen molar-refractivity contribution in [1.82, 2.24) is 10.3 Å². The molecule has 1 aliphatic rings. The number of aliphatic hydroxyl groups is 1. The summed E-state index contributed by atoms with van der Waals surface area (Å²) < 4.78 is 26.5. The van der Waals surface area contributed by atoms with Crippen LogP contribution in [0.4, 0.5) is 14.6 Å². The second-order valence-electron chi connectivity index (χ2n) is 6.88. The first-order valence-electron chi connectivity index (χ1n) is 8.99. The molecule has 1 fully saturated rings. The molecule has 0 saturated heterocycles. The zero-order valence-corrected chi connectivity index (χ0v) is 15.5. The number of hydrogen-bond acceptors (Lipinski definition) is 4. The van der Waals surface area contributed by atoms with Gasteiger partial charge in [-0.15, -0.1) is 0 Å². The van der Waals surface area contributed by atoms with Crippen LogP contribution in [-0.2, 0) is 0 Å². The Kier molecular flexibility index (Phi) is 6.11. The van der Waals surface area contributed by atoms with Crippen LogP contribution in [0.25, 0.3) is 10.9 Å². The van der Waals surface area contributed by atoms with E-state index in [2.05, 4.69) is 15.6 Å². The molecule has 8 heteroatoms. The van der Waals surface area contributed by atoms with Crippen LogP contribution < -0.4 is 10.6 Å². The molecule has 0 spiro atoms. The molecule has 2 aromatic rings. The molecule has 0 atom stereocenters. The average Bonchev–Trinajstić information content (AvgIpc) is 2.64. The topological polar surface area (TPSA) is 74.2 Å². The molecule has 27 heavy (non-hydrogen) atoms. The molecule has 1 amide bonds. The van der Waals surface area contributed by atoms with Gasteiger partial charge in [0.1, 0.15) is 5.82 Å². The maximum atomic E-state index is 13.2. The maximum Gasteiger partial charge on any atom is 0.252 e. The van der Waals surface area contributed by atoms with Crippen LogP contribution in [-0.4, -0.2) is 41.6 Å². The number of rotatable bonds is 6. The third-order valence-corrected chi connectivity index (χ3v) is 5.04. The lowest BCUT2D eigenvalue weighted by atomic mass is 9.87. The Hall–Kier alpha value is -1.99. The number of anilines is 1. The van der Waals surface area contributed by atoms with Crippen LogP contribution >= 0.6 is 11.6 Å². The van der Waals surface area contributed by atoms with Gasteiger partial charge in [-0.25, -0.2) is 13.8 Å². The highest BCUT2D eigenvalue weighted by atomic mass is 35.5. The fraction of sp³-hybridized carbons (Fsp3) is 0.474. The summed E-state index contributed by atoms with van der Waals surface area (Å²) in [7, 11) is 0. The molecular weight excluding hydrogens is 376 g/mol. The van der Waals surface area contributed by atoms with Crippen molar-refractivity contribution in [3.05, 3.63) is 34.9 Å². The molecule has 1 aromatic heterocycles. The first-order valence-corrected chi connectivity index (χ1v) is 9.37. The minimum Gasteiger partial charge on any atom is -0.395 e. The van der Waals surface area contributed by atoms with Gasteiger partial charge in [0, 0.05) is 36.3 Å². The third kappa shape index (κ3) is 5.05. The van der Waals surface area contributed by atoms with Gasteiger partial charge in [0.15, 0.2) is 0 Å². The zero-order chi connectivity index (χ0) is 19.4. The first-order chi connectivity index (χ1) is 12.9. The molecule has 0 unspecified atom stereocenters. The third-order valence-electron chi connectivity index (χ3n) is 4.82. The molecule has 3 rings (SSSR count). The summed E-state index contributed by atoms with van der Waals surface area (Å²) in [6.45, 7) is 0.718. The van der Waals surface area contributed by atoms with Crippen LogP contribution in [0.3, 0.4) is 0 Å². The summed E-state index contributed by atoms with van der Waals surface area (Å²) in [5.41, 5.74) is 0.966. The minimum absolute atomic E-state index is 0.0178. The number of aromatic nitrogens is 1. The normalized spacial score (nSPS) is 17.0. The molecule has 1 saturated carbocycles. The number of carbonyl (C=O) groups is 1. The van der Waals surface area contributed by atoms with Crippen LogP contribution in [0.5, 0.6) is 0 Å². The molecule has 3 N–H and O–H groups in total. The second-order valence-corrected chi connectivity index (χ2v) is 7.31. The number of carbonyl (C=O) groups excluding carboxylic acids is 1. The average molecular weight is 398 g/mol. The fourth-order valence-electron chi connectivity index (χ4n) is 3.31. The Balaban J connectivity index is 1.72. The van der Waals surface area contributed by atoms with Gasteiger partial charge in [-0.2, -0.15) is 0 Å². The van der Waals surface area contributed by atoms with Crippen LogP contribution in [0.15, 0.2) is 24.3 Å². The van der Waals surface area contributed by atoms with Gasteiger partial charge in [-0.1, -0.05) is 11.6 Å². The van der Waals surface area contributed by atoms with Crippen LogP contribution in [0, 0.1) is 5.92 Å². The van der Waals surface area contributed by atoms with Crippen molar-refractivity contribution in [2.24, 2.45) is 5.92 Å². The molecule has 5 nitrogen and oxygen atoms in total. The summed E-state index contributed by atoms with van der Waals surface area (Å²) in [5.74, 6) is -2.23. The van der Waals surface area contributed by atoms with E-state index in [0.29, 0.717) is 53.2 Å². The molecule has 146 valence electrons. The number of nitrogens with one attached hydrogen (secondary N) is 2. The number of nitrogens with zero attached hydrogens (tertiary/aromatic N) is 1. The number of benzene rings is 1. The summed E-state index contributed by atoms with van der Waals surface area (Å²) >= 11 is 6.14. The summed E-state index contributed by atoms with van der Waals surface area (Å²) in [4.78, 5) is 17.1. The monoisotopic (exact) mass is 397 g/mol. The van der Waals surface area contributed by atoms with Crippen molar-refractivity contribution < 1.29 is 18.7 Å². The van der Waals surface area contributed by atoms with E-state index in [1.807, 2.05) is 0 Å². The van der Waals surface area contributed by atoms with E-state index < -0.39 is 5.92 Å². The van der Waals surface area contributed by atoms with Crippen molar-refractivity contribution in [2.75, 3.05) is 25.0 Å². The highest BCUT2D eigenvalue weighted by Crippen LogP contribution is 2.35. The van der Waals surface area contributed by atoms with E-state index in [1.54, 1.807) is 24.3 Å². The highest BCUT2D eigenvalue weighted by Gasteiger charge is 2.34. The molecule has 1 aliphatic carbocycles. The number of alkyl halides is 2. The number of amides is 1. The van der Waals surface area contributed by atoms with Gasteiger partial charge < -0.3 is 15.7 Å². The standard InChI is InChI=1S/C19H22ClF2N3O2/c20-13-9-15(14-1-2-17(23-7-8-26)25-16(14)10-13)18(27)24-11-12-3-5-19(21,22)6-4-12/h1-2,9-10,12,26H,3-8,11H2,(H,23,25)(H,24,27). The quantitative estimate of drug-likeness (QED) is 0.692. The zero-order valence-electron chi connectivity index (χ0n) is 14.8. The Labute approximate surface area is 161 Å². The second kappa shape index (κ2) is 8.35. The largest absolute Gasteiger partial charge is 0.395 e. The number of pyridine rings is 1. The van der Waals surface area contributed by atoms with Gasteiger partial charge in [-0.05, 0) is 43.0 Å². The SMILES string of the molecule is O=C(NCC1CCC(F)(F)CC1)c1cc(Cl)cc2nc(NCCO)ccc12. The lowest BCUT2D eigenvalue weighted by Crippen LogP contribution is -2.34. The highest BCUT2D eigenvalue weighted by molar-refractivity contribution is 6.32. The van der Waals surface area contributed by atoms with E-state index in [9.17, 15) is 13.6 Å². The van der Waals surface area contributed by atoms with Crippen molar-refractivity contribution in [2.45, 2.75) is 31.6 Å². The molecule has 0 radical (unpaired) electrons. The van der Waals surface area contributed by atoms with E-state index >= 15 is 0 Å². The first kappa shape index (κ1) is 19.8. The molecule has 1 aromatic carbocycles. The van der Waals surface area contributed by atoms with Gasteiger partial charge in [0.2, 0.25) is 5.92 Å².